The predicted molar refractivity (Wildman–Crippen MR) is 92.0 cm³/mol. The first-order valence-electron chi connectivity index (χ1n) is 7.21. The van der Waals surface area contributed by atoms with Gasteiger partial charge in [0.1, 0.15) is 5.69 Å². The molecular weight excluding hydrogens is 308 g/mol. The number of benzene rings is 2. The van der Waals surface area contributed by atoms with Crippen LogP contribution in [0.5, 0.6) is 0 Å². The topological polar surface area (TPSA) is 60.1 Å². The van der Waals surface area contributed by atoms with Crippen LogP contribution in [0.2, 0.25) is 0 Å². The Morgan fingerprint density at radius 1 is 1.04 bits per heavy atom. The molecule has 0 N–H and O–H groups in total. The number of nitrogens with zero attached hydrogens (tertiary/aromatic N) is 4. The summed E-state index contributed by atoms with van der Waals surface area (Å²) in [5.74, 6) is 0.518. The van der Waals surface area contributed by atoms with Crippen molar-refractivity contribution in [3.05, 3.63) is 60.2 Å². The summed E-state index contributed by atoms with van der Waals surface area (Å²) in [6, 6.07) is 17.3. The molecule has 23 heavy (non-hydrogen) atoms. The fraction of sp³-hybridized carbons (Fsp3) is 0.176. The van der Waals surface area contributed by atoms with Crippen molar-refractivity contribution in [2.45, 2.75) is 11.8 Å². The van der Waals surface area contributed by atoms with Gasteiger partial charge < -0.3 is 0 Å². The molecule has 118 valence electrons. The first-order chi connectivity index (χ1) is 11.0. The van der Waals surface area contributed by atoms with Gasteiger partial charge in [0.15, 0.2) is 5.82 Å². The highest BCUT2D eigenvalue weighted by molar-refractivity contribution is 7.93. The van der Waals surface area contributed by atoms with Crippen LogP contribution in [0, 0.1) is 6.92 Å². The lowest BCUT2D eigenvalue weighted by atomic mass is 10.1. The fourth-order valence-electron chi connectivity index (χ4n) is 2.25. The smallest absolute Gasteiger partial charge is 0.188 e. The second-order valence-corrected chi connectivity index (χ2v) is 7.72. The summed E-state index contributed by atoms with van der Waals surface area (Å²) in [5, 5.41) is 8.20. The molecule has 1 atom stereocenters. The van der Waals surface area contributed by atoms with Crippen LogP contribution in [0.25, 0.3) is 11.3 Å². The van der Waals surface area contributed by atoms with Crippen LogP contribution in [0.15, 0.2) is 63.9 Å². The number of aromatic nitrogens is 3. The Labute approximate surface area is 136 Å². The highest BCUT2D eigenvalue weighted by Gasteiger charge is 2.15. The maximum absolute atomic E-state index is 13.1. The Bertz CT molecular complexity index is 936. The molecular formula is C17H18N4OS. The van der Waals surface area contributed by atoms with Crippen LogP contribution < -0.4 is 0 Å². The molecule has 0 aliphatic carbocycles. The minimum Gasteiger partial charge on any atom is -0.245 e. The standard InChI is InChI=1S/C17H18N4OS/c1-13-9-11-15(12-10-13)23(3,22)19-17-16(18-20-21(17)2)14-7-5-4-6-8-14/h4-12H,1-3H3. The van der Waals surface area contributed by atoms with Crippen LogP contribution in [-0.4, -0.2) is 25.5 Å². The van der Waals surface area contributed by atoms with E-state index in [-0.39, 0.29) is 0 Å². The van der Waals surface area contributed by atoms with E-state index in [9.17, 15) is 4.21 Å². The molecule has 6 heteroatoms. The molecule has 0 radical (unpaired) electrons. The Balaban J connectivity index is 2.14. The van der Waals surface area contributed by atoms with Gasteiger partial charge in [-0.1, -0.05) is 53.2 Å². The van der Waals surface area contributed by atoms with Gasteiger partial charge in [-0.2, -0.15) is 4.36 Å². The first-order valence-corrected chi connectivity index (χ1v) is 9.13. The van der Waals surface area contributed by atoms with Crippen molar-refractivity contribution >= 4 is 15.5 Å². The maximum atomic E-state index is 13.1. The van der Waals surface area contributed by atoms with Crippen LogP contribution in [-0.2, 0) is 16.8 Å². The van der Waals surface area contributed by atoms with Gasteiger partial charge in [-0.15, -0.1) is 5.10 Å². The summed E-state index contributed by atoms with van der Waals surface area (Å²) >= 11 is 0. The second kappa shape index (κ2) is 5.96. The van der Waals surface area contributed by atoms with Crippen LogP contribution in [0.4, 0.5) is 5.82 Å². The third kappa shape index (κ3) is 3.17. The van der Waals surface area contributed by atoms with Gasteiger partial charge >= 0.3 is 0 Å². The number of rotatable bonds is 3. The summed E-state index contributed by atoms with van der Waals surface area (Å²) in [6.45, 7) is 2.00. The van der Waals surface area contributed by atoms with Crippen molar-refractivity contribution in [1.82, 2.24) is 15.0 Å². The minimum atomic E-state index is -2.58. The first kappa shape index (κ1) is 15.4. The number of hydrogen-bond donors (Lipinski definition) is 0. The van der Waals surface area contributed by atoms with E-state index in [4.69, 9.17) is 0 Å². The highest BCUT2D eigenvalue weighted by Crippen LogP contribution is 2.29. The van der Waals surface area contributed by atoms with Gasteiger partial charge in [0.2, 0.25) is 0 Å². The molecule has 0 fully saturated rings. The third-order valence-corrected chi connectivity index (χ3v) is 5.23. The molecule has 1 aromatic heterocycles. The van der Waals surface area contributed by atoms with E-state index in [1.165, 1.54) is 0 Å². The van der Waals surface area contributed by atoms with Crippen LogP contribution in [0.1, 0.15) is 5.56 Å². The normalized spacial score (nSPS) is 13.5. The van der Waals surface area contributed by atoms with Gasteiger partial charge in [-0.3, -0.25) is 0 Å². The number of aryl methyl sites for hydroxylation is 2. The lowest BCUT2D eigenvalue weighted by Gasteiger charge is -2.06. The average Bonchev–Trinajstić information content (AvgIpc) is 2.89. The van der Waals surface area contributed by atoms with E-state index in [1.54, 1.807) is 18.0 Å². The van der Waals surface area contributed by atoms with Gasteiger partial charge in [0, 0.05) is 23.8 Å². The zero-order valence-corrected chi connectivity index (χ0v) is 14.1. The molecule has 0 aliphatic rings. The SMILES string of the molecule is Cc1ccc(S(C)(=O)=Nc2c(-c3ccccc3)nnn2C)cc1. The van der Waals surface area contributed by atoms with Crippen LogP contribution >= 0.6 is 0 Å². The fourth-order valence-corrected chi connectivity index (χ4v) is 3.53. The molecule has 0 aliphatic heterocycles. The quantitative estimate of drug-likeness (QED) is 0.739. The van der Waals surface area contributed by atoms with Crippen molar-refractivity contribution in [2.24, 2.45) is 11.4 Å². The zero-order chi connectivity index (χ0) is 16.4. The molecule has 5 nitrogen and oxygen atoms in total. The molecule has 0 spiro atoms. The Kier molecular flexibility index (Phi) is 4.00. The van der Waals surface area contributed by atoms with Crippen molar-refractivity contribution in [3.63, 3.8) is 0 Å². The van der Waals surface area contributed by atoms with E-state index in [0.29, 0.717) is 16.4 Å². The summed E-state index contributed by atoms with van der Waals surface area (Å²) in [7, 11) is -0.826. The Morgan fingerprint density at radius 3 is 2.35 bits per heavy atom. The predicted octanol–water partition coefficient (Wildman–Crippen LogP) is 3.58. The molecule has 1 heterocycles. The second-order valence-electron chi connectivity index (χ2n) is 5.46. The lowest BCUT2D eigenvalue weighted by molar-refractivity contribution is 0.678. The van der Waals surface area contributed by atoms with E-state index < -0.39 is 9.73 Å². The summed E-state index contributed by atoms with van der Waals surface area (Å²) < 4.78 is 19.1. The van der Waals surface area contributed by atoms with Crippen molar-refractivity contribution < 1.29 is 4.21 Å². The van der Waals surface area contributed by atoms with Gasteiger partial charge in [0.05, 0.1) is 9.73 Å². The summed E-state index contributed by atoms with van der Waals surface area (Å²) in [4.78, 5) is 0.698. The van der Waals surface area contributed by atoms with Crippen molar-refractivity contribution in [2.75, 3.05) is 6.26 Å². The van der Waals surface area contributed by atoms with Crippen LogP contribution in [0.3, 0.4) is 0 Å². The molecule has 2 aromatic carbocycles. The molecule has 0 bridgehead atoms. The molecule has 3 aromatic rings. The van der Waals surface area contributed by atoms with Gasteiger partial charge in [-0.05, 0) is 19.1 Å². The van der Waals surface area contributed by atoms with E-state index >= 15 is 0 Å². The summed E-state index contributed by atoms with van der Waals surface area (Å²) in [6.07, 6.45) is 1.64. The monoisotopic (exact) mass is 326 g/mol. The molecule has 0 saturated heterocycles. The largest absolute Gasteiger partial charge is 0.245 e. The minimum absolute atomic E-state index is 0.518. The highest BCUT2D eigenvalue weighted by atomic mass is 32.2. The molecule has 1 unspecified atom stereocenters. The zero-order valence-electron chi connectivity index (χ0n) is 13.3. The third-order valence-electron chi connectivity index (χ3n) is 3.56. The lowest BCUT2D eigenvalue weighted by Crippen LogP contribution is -1.99. The van der Waals surface area contributed by atoms with E-state index in [2.05, 4.69) is 14.7 Å². The maximum Gasteiger partial charge on any atom is 0.188 e. The molecule has 0 saturated carbocycles. The Morgan fingerprint density at radius 2 is 1.70 bits per heavy atom. The van der Waals surface area contributed by atoms with E-state index in [0.717, 1.165) is 11.1 Å². The summed E-state index contributed by atoms with van der Waals surface area (Å²) in [5.41, 5.74) is 2.66. The Hall–Kier alpha value is -2.47. The van der Waals surface area contributed by atoms with Gasteiger partial charge in [0.25, 0.3) is 0 Å². The van der Waals surface area contributed by atoms with Crippen molar-refractivity contribution in [1.29, 1.82) is 0 Å². The number of hydrogen-bond acceptors (Lipinski definition) is 4. The average molecular weight is 326 g/mol. The molecule has 0 amide bonds. The van der Waals surface area contributed by atoms with Gasteiger partial charge in [-0.25, -0.2) is 8.89 Å². The van der Waals surface area contributed by atoms with Crippen molar-refractivity contribution in [3.8, 4) is 11.3 Å². The molecule has 3 rings (SSSR count). The van der Waals surface area contributed by atoms with E-state index in [1.807, 2.05) is 61.5 Å².